The quantitative estimate of drug-likeness (QED) is 0.816. The lowest BCUT2D eigenvalue weighted by Gasteiger charge is -2.26. The van der Waals surface area contributed by atoms with Gasteiger partial charge in [-0.25, -0.2) is 4.39 Å². The van der Waals surface area contributed by atoms with Crippen LogP contribution in [0, 0.1) is 5.82 Å². The zero-order valence-corrected chi connectivity index (χ0v) is 13.5. The van der Waals surface area contributed by atoms with E-state index in [9.17, 15) is 9.18 Å². The minimum Gasteiger partial charge on any atom is -0.494 e. The highest BCUT2D eigenvalue weighted by molar-refractivity contribution is 5.94. The van der Waals surface area contributed by atoms with Crippen LogP contribution in [-0.4, -0.2) is 25.7 Å². The molecule has 4 nitrogen and oxygen atoms in total. The van der Waals surface area contributed by atoms with Crippen LogP contribution in [-0.2, 0) is 4.79 Å². The molecule has 0 spiro atoms. The molecule has 0 aliphatic carbocycles. The monoisotopic (exact) mass is 317 g/mol. The smallest absolute Gasteiger partial charge is 0.265 e. The number of ether oxygens (including phenoxy) is 2. The predicted octanol–water partition coefficient (Wildman–Crippen LogP) is 3.65. The van der Waals surface area contributed by atoms with Gasteiger partial charge in [0, 0.05) is 17.8 Å². The molecule has 0 atom stereocenters. The van der Waals surface area contributed by atoms with Gasteiger partial charge in [0.1, 0.15) is 5.75 Å². The van der Waals surface area contributed by atoms with Crippen molar-refractivity contribution in [3.8, 4) is 11.5 Å². The fourth-order valence-corrected chi connectivity index (χ4v) is 2.27. The molecular weight excluding hydrogens is 297 g/mol. The molecule has 0 aliphatic rings. The Labute approximate surface area is 135 Å². The van der Waals surface area contributed by atoms with Gasteiger partial charge >= 0.3 is 0 Å². The number of anilines is 1. The molecule has 0 fully saturated rings. The highest BCUT2D eigenvalue weighted by Gasteiger charge is 2.19. The molecule has 0 N–H and O–H groups in total. The maximum Gasteiger partial charge on any atom is 0.265 e. The number of hydrogen-bond acceptors (Lipinski definition) is 3. The fraction of sp³-hybridized carbons (Fsp3) is 0.278. The lowest BCUT2D eigenvalue weighted by Crippen LogP contribution is -2.40. The van der Waals surface area contributed by atoms with Crippen LogP contribution < -0.4 is 14.4 Å². The number of para-hydroxylation sites is 1. The van der Waals surface area contributed by atoms with Crippen LogP contribution in [0.3, 0.4) is 0 Å². The third-order valence-corrected chi connectivity index (χ3v) is 3.31. The summed E-state index contributed by atoms with van der Waals surface area (Å²) in [6.07, 6.45) is 0. The van der Waals surface area contributed by atoms with E-state index in [-0.39, 0.29) is 30.1 Å². The van der Waals surface area contributed by atoms with Gasteiger partial charge in [0.2, 0.25) is 0 Å². The van der Waals surface area contributed by atoms with Crippen molar-refractivity contribution in [1.29, 1.82) is 0 Å². The molecule has 0 saturated heterocycles. The minimum absolute atomic E-state index is 0.0129. The molecule has 1 amide bonds. The summed E-state index contributed by atoms with van der Waals surface area (Å²) in [5.74, 6) is -0.297. The number of halogens is 1. The molecule has 0 aromatic heterocycles. The third-order valence-electron chi connectivity index (χ3n) is 3.31. The highest BCUT2D eigenvalue weighted by Crippen LogP contribution is 2.23. The summed E-state index contributed by atoms with van der Waals surface area (Å²) in [4.78, 5) is 14.1. The zero-order valence-electron chi connectivity index (χ0n) is 13.5. The number of benzene rings is 2. The largest absolute Gasteiger partial charge is 0.494 e. The van der Waals surface area contributed by atoms with E-state index in [1.54, 1.807) is 11.0 Å². The molecule has 0 bridgehead atoms. The van der Waals surface area contributed by atoms with E-state index in [1.165, 1.54) is 19.2 Å². The number of carbonyl (C=O) groups excluding carboxylic acids is 1. The number of methoxy groups -OCH3 is 1. The minimum atomic E-state index is -0.527. The summed E-state index contributed by atoms with van der Waals surface area (Å²) in [5, 5.41) is 0. The number of rotatable bonds is 6. The average molecular weight is 317 g/mol. The van der Waals surface area contributed by atoms with E-state index >= 15 is 0 Å². The zero-order chi connectivity index (χ0) is 16.8. The van der Waals surface area contributed by atoms with E-state index in [4.69, 9.17) is 9.47 Å². The van der Waals surface area contributed by atoms with Gasteiger partial charge < -0.3 is 14.4 Å². The maximum atomic E-state index is 13.6. The van der Waals surface area contributed by atoms with Crippen molar-refractivity contribution in [3.63, 3.8) is 0 Å². The molecule has 2 rings (SSSR count). The van der Waals surface area contributed by atoms with Crippen LogP contribution in [0.5, 0.6) is 11.5 Å². The van der Waals surface area contributed by atoms with Crippen molar-refractivity contribution >= 4 is 11.6 Å². The summed E-state index contributed by atoms with van der Waals surface area (Å²) >= 11 is 0. The van der Waals surface area contributed by atoms with Crippen molar-refractivity contribution < 1.29 is 18.7 Å². The maximum absolute atomic E-state index is 13.6. The first kappa shape index (κ1) is 16.8. The first-order chi connectivity index (χ1) is 11.0. The van der Waals surface area contributed by atoms with Gasteiger partial charge in [-0.3, -0.25) is 4.79 Å². The van der Waals surface area contributed by atoms with Crippen LogP contribution in [0.2, 0.25) is 0 Å². The molecule has 0 saturated carbocycles. The Morgan fingerprint density at radius 1 is 1.17 bits per heavy atom. The Balaban J connectivity index is 2.06. The second-order valence-corrected chi connectivity index (χ2v) is 5.28. The van der Waals surface area contributed by atoms with Gasteiger partial charge in [0.25, 0.3) is 5.91 Å². The summed E-state index contributed by atoms with van der Waals surface area (Å²) < 4.78 is 23.9. The van der Waals surface area contributed by atoms with Crippen LogP contribution in [0.25, 0.3) is 0 Å². The molecule has 0 unspecified atom stereocenters. The van der Waals surface area contributed by atoms with E-state index in [2.05, 4.69) is 0 Å². The summed E-state index contributed by atoms with van der Waals surface area (Å²) in [6.45, 7) is 3.69. The van der Waals surface area contributed by atoms with Crippen LogP contribution in [0.15, 0.2) is 48.5 Å². The van der Waals surface area contributed by atoms with Crippen LogP contribution >= 0.6 is 0 Å². The molecule has 0 heterocycles. The Morgan fingerprint density at radius 3 is 2.43 bits per heavy atom. The number of amides is 1. The van der Waals surface area contributed by atoms with Gasteiger partial charge in [0.15, 0.2) is 18.2 Å². The third kappa shape index (κ3) is 4.22. The molecule has 23 heavy (non-hydrogen) atoms. The van der Waals surface area contributed by atoms with Gasteiger partial charge in [-0.2, -0.15) is 0 Å². The first-order valence-corrected chi connectivity index (χ1v) is 7.36. The standard InChI is InChI=1S/C18H20FNO3/c1-13(2)20(14-7-5-4-6-8-14)18(21)12-23-15-9-10-17(22-3)16(19)11-15/h4-11,13H,12H2,1-3H3. The van der Waals surface area contributed by atoms with E-state index in [0.29, 0.717) is 0 Å². The molecular formula is C18H20FNO3. The lowest BCUT2D eigenvalue weighted by molar-refractivity contribution is -0.120. The Morgan fingerprint density at radius 2 is 1.87 bits per heavy atom. The molecule has 0 aliphatic heterocycles. The number of nitrogens with zero attached hydrogens (tertiary/aromatic N) is 1. The normalized spacial score (nSPS) is 10.5. The average Bonchev–Trinajstić information content (AvgIpc) is 2.54. The van der Waals surface area contributed by atoms with Crippen LogP contribution in [0.4, 0.5) is 10.1 Å². The van der Waals surface area contributed by atoms with Crippen molar-refractivity contribution in [2.24, 2.45) is 0 Å². The van der Waals surface area contributed by atoms with E-state index < -0.39 is 5.82 Å². The second kappa shape index (κ2) is 7.63. The van der Waals surface area contributed by atoms with Crippen molar-refractivity contribution in [2.75, 3.05) is 18.6 Å². The molecule has 2 aromatic rings. The number of carbonyl (C=O) groups is 1. The van der Waals surface area contributed by atoms with Gasteiger partial charge in [-0.05, 0) is 38.1 Å². The van der Waals surface area contributed by atoms with E-state index in [0.717, 1.165) is 5.69 Å². The Kier molecular flexibility index (Phi) is 5.57. The Hall–Kier alpha value is -2.56. The second-order valence-electron chi connectivity index (χ2n) is 5.28. The molecule has 2 aromatic carbocycles. The number of hydrogen-bond donors (Lipinski definition) is 0. The summed E-state index contributed by atoms with van der Waals surface area (Å²) in [7, 11) is 1.39. The fourth-order valence-electron chi connectivity index (χ4n) is 2.27. The van der Waals surface area contributed by atoms with E-state index in [1.807, 2.05) is 44.2 Å². The topological polar surface area (TPSA) is 38.8 Å². The Bertz CT molecular complexity index is 659. The highest BCUT2D eigenvalue weighted by atomic mass is 19.1. The lowest BCUT2D eigenvalue weighted by atomic mass is 10.2. The molecule has 0 radical (unpaired) electrons. The first-order valence-electron chi connectivity index (χ1n) is 7.36. The van der Waals surface area contributed by atoms with Gasteiger partial charge in [-0.15, -0.1) is 0 Å². The molecule has 122 valence electrons. The van der Waals surface area contributed by atoms with Crippen LogP contribution in [0.1, 0.15) is 13.8 Å². The summed E-state index contributed by atoms with van der Waals surface area (Å²) in [5.41, 5.74) is 0.803. The van der Waals surface area contributed by atoms with Crippen molar-refractivity contribution in [3.05, 3.63) is 54.3 Å². The van der Waals surface area contributed by atoms with Gasteiger partial charge in [0.05, 0.1) is 7.11 Å². The predicted molar refractivity (Wildman–Crippen MR) is 87.5 cm³/mol. The van der Waals surface area contributed by atoms with Crippen molar-refractivity contribution in [2.45, 2.75) is 19.9 Å². The summed E-state index contributed by atoms with van der Waals surface area (Å²) in [6, 6.07) is 13.6. The molecule has 5 heteroatoms. The SMILES string of the molecule is COc1ccc(OCC(=O)N(c2ccccc2)C(C)C)cc1F. The van der Waals surface area contributed by atoms with Gasteiger partial charge in [-0.1, -0.05) is 18.2 Å². The van der Waals surface area contributed by atoms with Crippen molar-refractivity contribution in [1.82, 2.24) is 0 Å².